The molecule has 0 amide bonds. The van der Waals surface area contributed by atoms with Gasteiger partial charge in [-0.1, -0.05) is 72.8 Å². The molecule has 0 radical (unpaired) electrons. The van der Waals surface area contributed by atoms with Gasteiger partial charge in [0.1, 0.15) is 11.5 Å². The molecule has 34 heavy (non-hydrogen) atoms. The fraction of sp³-hybridized carbons (Fsp3) is 0.172. The molecule has 2 unspecified atom stereocenters. The van der Waals surface area contributed by atoms with Gasteiger partial charge in [0.2, 0.25) is 8.30 Å². The normalized spacial score (nSPS) is 15.4. The third-order valence-electron chi connectivity index (χ3n) is 5.98. The molecule has 1 heterocycles. The van der Waals surface area contributed by atoms with Gasteiger partial charge in [0, 0.05) is 30.3 Å². The van der Waals surface area contributed by atoms with Crippen LogP contribution in [0.5, 0.6) is 11.5 Å². The van der Waals surface area contributed by atoms with Crippen LogP contribution in [0, 0.1) is 6.92 Å². The van der Waals surface area contributed by atoms with E-state index in [0.717, 1.165) is 17.1 Å². The molecule has 5 rings (SSSR count). The Labute approximate surface area is 205 Å². The van der Waals surface area contributed by atoms with E-state index in [9.17, 15) is 0 Å². The molecule has 4 aromatic carbocycles. The van der Waals surface area contributed by atoms with Crippen molar-refractivity contribution in [2.75, 3.05) is 7.11 Å². The van der Waals surface area contributed by atoms with Crippen molar-refractivity contribution in [1.82, 2.24) is 4.44 Å². The molecule has 5 heteroatoms. The van der Waals surface area contributed by atoms with E-state index in [2.05, 4.69) is 116 Å². The Morgan fingerprint density at radius 1 is 0.765 bits per heavy atom. The van der Waals surface area contributed by atoms with Crippen molar-refractivity contribution in [1.29, 1.82) is 0 Å². The smallest absolute Gasteiger partial charge is 0.202 e. The van der Waals surface area contributed by atoms with Crippen molar-refractivity contribution in [3.63, 3.8) is 0 Å². The number of fused-ring (bicyclic) bond motifs is 3. The molecule has 0 fully saturated rings. The largest absolute Gasteiger partial charge is 0.496 e. The van der Waals surface area contributed by atoms with Crippen LogP contribution in [0.15, 0.2) is 97.1 Å². The highest BCUT2D eigenvalue weighted by Crippen LogP contribution is 2.61. The summed E-state index contributed by atoms with van der Waals surface area (Å²) in [5.74, 6) is 1.88. The zero-order valence-electron chi connectivity index (χ0n) is 20.0. The Morgan fingerprint density at radius 2 is 1.38 bits per heavy atom. The molecule has 0 spiro atoms. The Hall–Kier alpha value is -2.70. The predicted molar refractivity (Wildman–Crippen MR) is 146 cm³/mol. The van der Waals surface area contributed by atoms with Crippen molar-refractivity contribution in [3.8, 4) is 22.6 Å². The molecule has 0 aliphatic carbocycles. The molecule has 3 nitrogen and oxygen atoms in total. The van der Waals surface area contributed by atoms with Crippen LogP contribution in [0.1, 0.15) is 19.4 Å². The fourth-order valence-electron chi connectivity index (χ4n) is 4.41. The Bertz CT molecular complexity index is 1310. The van der Waals surface area contributed by atoms with Gasteiger partial charge in [-0.3, -0.25) is 0 Å². The van der Waals surface area contributed by atoms with Crippen molar-refractivity contribution in [2.24, 2.45) is 0 Å². The van der Waals surface area contributed by atoms with E-state index in [0.29, 0.717) is 0 Å². The van der Waals surface area contributed by atoms with Gasteiger partial charge in [0.05, 0.1) is 7.11 Å². The quantitative estimate of drug-likeness (QED) is 0.282. The maximum absolute atomic E-state index is 6.89. The van der Waals surface area contributed by atoms with Crippen molar-refractivity contribution in [3.05, 3.63) is 103 Å². The molecular formula is C29H29NO2P2. The average Bonchev–Trinajstić information content (AvgIpc) is 2.87. The third-order valence-corrected chi connectivity index (χ3v) is 11.7. The molecule has 0 bridgehead atoms. The highest BCUT2D eigenvalue weighted by atomic mass is 31.2. The average molecular weight is 486 g/mol. The van der Waals surface area contributed by atoms with Crippen molar-refractivity contribution < 1.29 is 9.26 Å². The Balaban J connectivity index is 1.74. The number of hydrogen-bond acceptors (Lipinski definition) is 3. The lowest BCUT2D eigenvalue weighted by Gasteiger charge is -2.43. The summed E-state index contributed by atoms with van der Waals surface area (Å²) in [4.78, 5) is 0. The zero-order valence-corrected chi connectivity index (χ0v) is 21.8. The highest BCUT2D eigenvalue weighted by Gasteiger charge is 2.39. The number of rotatable bonds is 6. The lowest BCUT2D eigenvalue weighted by atomic mass is 10.0. The van der Waals surface area contributed by atoms with Crippen LogP contribution in [0.25, 0.3) is 11.1 Å². The standard InChI is InChI=1S/C29H29NO2P2/c1-21(2)30(34-28-19-11-7-15-24(28)23-14-6-8-16-25(23)32-34)33(27-18-10-5-13-22(27)3)29-20-12-9-17-26(29)31-4/h5-21H,1-4H3. The van der Waals surface area contributed by atoms with E-state index in [1.807, 2.05) is 6.07 Å². The number of nitrogens with zero attached hydrogens (tertiary/aromatic N) is 1. The molecule has 172 valence electrons. The SMILES string of the molecule is COc1ccccc1P(c1ccccc1C)N(C(C)C)P1Oc2ccccc2-c2ccccc21. The predicted octanol–water partition coefficient (Wildman–Crippen LogP) is 6.76. The topological polar surface area (TPSA) is 21.7 Å². The van der Waals surface area contributed by atoms with Crippen LogP contribution in [0.3, 0.4) is 0 Å². The summed E-state index contributed by atoms with van der Waals surface area (Å²) in [5, 5.41) is 3.81. The van der Waals surface area contributed by atoms with Crippen molar-refractivity contribution in [2.45, 2.75) is 26.8 Å². The fourth-order valence-corrected chi connectivity index (χ4v) is 10.2. The first kappa shape index (κ1) is 23.1. The number of hydrogen-bond donors (Lipinski definition) is 0. The Morgan fingerprint density at radius 3 is 2.12 bits per heavy atom. The molecule has 1 aliphatic heterocycles. The first-order valence-electron chi connectivity index (χ1n) is 11.5. The van der Waals surface area contributed by atoms with Gasteiger partial charge < -0.3 is 9.26 Å². The molecular weight excluding hydrogens is 456 g/mol. The molecule has 4 aromatic rings. The van der Waals surface area contributed by atoms with Gasteiger partial charge in [0.15, 0.2) is 0 Å². The summed E-state index contributed by atoms with van der Waals surface area (Å²) in [6.45, 7) is 6.76. The third kappa shape index (κ3) is 4.14. The van der Waals surface area contributed by atoms with E-state index in [1.165, 1.54) is 27.0 Å². The first-order valence-corrected chi connectivity index (χ1v) is 14.0. The minimum atomic E-state index is -1.09. The van der Waals surface area contributed by atoms with Gasteiger partial charge in [0.25, 0.3) is 0 Å². The summed E-state index contributed by atoms with van der Waals surface area (Å²) in [6.07, 6.45) is 0. The number of ether oxygens (including phenoxy) is 1. The monoisotopic (exact) mass is 485 g/mol. The summed E-state index contributed by atoms with van der Waals surface area (Å²) < 4.78 is 15.4. The summed E-state index contributed by atoms with van der Waals surface area (Å²) in [5.41, 5.74) is 3.71. The van der Waals surface area contributed by atoms with Crippen LogP contribution in [0.2, 0.25) is 0 Å². The van der Waals surface area contributed by atoms with Crippen LogP contribution < -0.4 is 25.2 Å². The Kier molecular flexibility index (Phi) is 6.70. The lowest BCUT2D eigenvalue weighted by molar-refractivity contribution is 0.418. The highest BCUT2D eigenvalue weighted by molar-refractivity contribution is 7.80. The van der Waals surface area contributed by atoms with Gasteiger partial charge in [-0.05, 0) is 61.5 Å². The molecule has 0 saturated heterocycles. The van der Waals surface area contributed by atoms with E-state index in [-0.39, 0.29) is 6.04 Å². The van der Waals surface area contributed by atoms with E-state index >= 15 is 0 Å². The van der Waals surface area contributed by atoms with E-state index in [1.54, 1.807) is 7.11 Å². The van der Waals surface area contributed by atoms with Gasteiger partial charge in [-0.25, -0.2) is 4.44 Å². The maximum Gasteiger partial charge on any atom is 0.202 e. The summed E-state index contributed by atoms with van der Waals surface area (Å²) >= 11 is 0. The molecule has 0 N–H and O–H groups in total. The zero-order chi connectivity index (χ0) is 23.7. The molecule has 1 aliphatic rings. The minimum Gasteiger partial charge on any atom is -0.496 e. The number of methoxy groups -OCH3 is 1. The lowest BCUT2D eigenvalue weighted by Crippen LogP contribution is -2.36. The summed E-state index contributed by atoms with van der Waals surface area (Å²) in [7, 11) is -0.251. The second kappa shape index (κ2) is 9.88. The molecule has 0 aromatic heterocycles. The molecule has 0 saturated carbocycles. The molecule has 2 atom stereocenters. The van der Waals surface area contributed by atoms with Gasteiger partial charge in [-0.2, -0.15) is 0 Å². The van der Waals surface area contributed by atoms with Crippen molar-refractivity contribution >= 4 is 32.3 Å². The van der Waals surface area contributed by atoms with Gasteiger partial charge in [-0.15, -0.1) is 0 Å². The van der Waals surface area contributed by atoms with Crippen LogP contribution >= 0.6 is 16.4 Å². The first-order chi connectivity index (χ1) is 16.6. The second-order valence-corrected chi connectivity index (χ2v) is 12.5. The van der Waals surface area contributed by atoms with E-state index in [4.69, 9.17) is 9.26 Å². The van der Waals surface area contributed by atoms with Crippen LogP contribution in [-0.2, 0) is 0 Å². The number of para-hydroxylation sites is 2. The van der Waals surface area contributed by atoms with Crippen LogP contribution in [0.4, 0.5) is 0 Å². The number of aryl methyl sites for hydroxylation is 1. The number of benzene rings is 4. The second-order valence-electron chi connectivity index (χ2n) is 8.56. The maximum atomic E-state index is 6.89. The van der Waals surface area contributed by atoms with Gasteiger partial charge >= 0.3 is 0 Å². The van der Waals surface area contributed by atoms with E-state index < -0.39 is 16.4 Å². The summed E-state index contributed by atoms with van der Waals surface area (Å²) in [6, 6.07) is 34.5. The van der Waals surface area contributed by atoms with Crippen LogP contribution in [-0.4, -0.2) is 17.6 Å². The minimum absolute atomic E-state index is 0.250.